The molecule has 10 aliphatic rings. The standard InChI is InChI=1S/C68H114N4O51/c1-15(82)69-29-39(92)51(24(10-78)106-59(29)104)116-60-30(70-16(2)83)40(93)54(26(12-80)112-60)119-66-50(103)56(121-68-58(46(99)36(89)22(8-76)111-68)123-62-32(72-18(4)85)41(94)52(25(11-79)114-62)117-63-47(100)43(96)33(86)19(5-73)107-63)38(91)28(115-66)14-105-67-57(45(98)35(88)21(7-75)110-67)122-61-31(71-17(3)84)42(95)53(27(13-81)113-61)118-65-49(102)55(37(90)23(9-77)109-65)120-64-48(101)44(97)34(87)20(6-74)108-64/h19-68,73-81,86-104H,5-14H2,1-4H3,(H,69,82)(H,70,83)(H,71,84)(H,72,85)/t19-,20-,21-,22-,23-,24-,25-,26-,27-,28-,29-,30-,31-,32-,33+,34+,35-,36-,37+,38-,39-,40-,41-,42-,43+,44+,45+,46+,47-,48-,49-,50+,51-,52-,53-,54-,55+,56+,57+,58+,59-,60+,61+,62+,63+,64-,65+,66+,67+,68-/m1/s1. The zero-order valence-corrected chi connectivity index (χ0v) is 65.9. The molecule has 712 valence electrons. The molecule has 32 N–H and O–H groups in total. The molecule has 0 radical (unpaired) electrons. The lowest BCUT2D eigenvalue weighted by molar-refractivity contribution is -0.399. The van der Waals surface area contributed by atoms with Gasteiger partial charge in [0.25, 0.3) is 0 Å². The SMILES string of the molecule is CC(=O)N[C@@H]1[C@@H](O)[C@H](O[C@@H]2O[C@H](CO)[C@@H](O[C@@H]3O[C@H](CO[C@H]4O[C@H](CO)[C@@H](O)[C@H](O)[C@@H]4O[C@@H]4O[C@H](CO)[C@@H](O[C@@H]5O[C@H](CO)[C@H](O)[C@H](O[C@H]6O[C@H](CO)[C@H](O)[C@H](O)[C@H]6O)[C@H]5O)[C@H](O)[C@H]4NC(C)=O)[C@@H](O)[C@H](O[C@H]4O[C@H](CO)[C@@H](O)[C@H](O)[C@@H]4O[C@@H]4O[C@H](CO)[C@@H](O[C@@H]5O[C@H](CO)[C@H](O)[C@H](O)[C@H]5O)[C@H](O)[C@H]4NC(C)=O)[C@@H]3O)[C@H](O)[C@H]2NC(C)=O)[C@@H](CO)O[C@H]1O. The molecule has 0 saturated carbocycles. The lowest BCUT2D eigenvalue weighted by Crippen LogP contribution is -2.71. The average molecular weight is 1800 g/mol. The number of hydrogen-bond acceptors (Lipinski definition) is 51. The molecule has 10 rings (SSSR count). The van der Waals surface area contributed by atoms with Gasteiger partial charge in [-0.05, 0) is 0 Å². The fourth-order valence-corrected chi connectivity index (χ4v) is 15.9. The molecular weight excluding hydrogens is 1690 g/mol. The van der Waals surface area contributed by atoms with Gasteiger partial charge in [-0.15, -0.1) is 0 Å². The largest absolute Gasteiger partial charge is 0.394 e. The molecule has 123 heavy (non-hydrogen) atoms. The van der Waals surface area contributed by atoms with Crippen molar-refractivity contribution >= 4 is 23.6 Å². The summed E-state index contributed by atoms with van der Waals surface area (Å²) in [6.45, 7) is -7.45. The van der Waals surface area contributed by atoms with Crippen molar-refractivity contribution in [2.45, 2.75) is 335 Å². The van der Waals surface area contributed by atoms with E-state index < -0.39 is 397 Å². The number of carbonyl (C=O) groups excluding carboxylic acids is 4. The summed E-state index contributed by atoms with van der Waals surface area (Å²) in [4.78, 5) is 51.3. The Morgan fingerprint density at radius 2 is 0.439 bits per heavy atom. The van der Waals surface area contributed by atoms with E-state index in [-0.39, 0.29) is 0 Å². The second kappa shape index (κ2) is 44.3. The number of ether oxygens (including phenoxy) is 19. The van der Waals surface area contributed by atoms with E-state index in [0.717, 1.165) is 27.7 Å². The minimum atomic E-state index is -2.61. The van der Waals surface area contributed by atoms with Crippen molar-refractivity contribution in [2.24, 2.45) is 0 Å². The van der Waals surface area contributed by atoms with E-state index in [0.29, 0.717) is 0 Å². The maximum absolute atomic E-state index is 13.1. The van der Waals surface area contributed by atoms with Crippen molar-refractivity contribution in [2.75, 3.05) is 66.1 Å². The predicted octanol–water partition coefficient (Wildman–Crippen LogP) is -22.2. The Kier molecular flexibility index (Phi) is 36.4. The van der Waals surface area contributed by atoms with Crippen LogP contribution in [-0.4, -0.2) is 539 Å². The average Bonchev–Trinajstić information content (AvgIpc) is 0.769. The van der Waals surface area contributed by atoms with Crippen molar-refractivity contribution in [1.82, 2.24) is 21.3 Å². The summed E-state index contributed by atoms with van der Waals surface area (Å²) in [6.07, 6.45) is -97.1. The monoisotopic (exact) mass is 1800 g/mol. The highest BCUT2D eigenvalue weighted by Gasteiger charge is 2.62. The van der Waals surface area contributed by atoms with Gasteiger partial charge >= 0.3 is 0 Å². The third-order valence-electron chi connectivity index (χ3n) is 22.5. The molecule has 0 aliphatic carbocycles. The van der Waals surface area contributed by atoms with Gasteiger partial charge in [0.1, 0.15) is 244 Å². The lowest BCUT2D eigenvalue weighted by Gasteiger charge is -2.51. The quantitative estimate of drug-likeness (QED) is 0.0297. The second-order valence-electron chi connectivity index (χ2n) is 31.0. The second-order valence-corrected chi connectivity index (χ2v) is 31.0. The van der Waals surface area contributed by atoms with E-state index >= 15 is 0 Å². The number of rotatable bonds is 32. The third-order valence-corrected chi connectivity index (χ3v) is 22.5. The lowest BCUT2D eigenvalue weighted by atomic mass is 9.93. The first kappa shape index (κ1) is 101. The molecule has 55 nitrogen and oxygen atoms in total. The van der Waals surface area contributed by atoms with Gasteiger partial charge in [-0.25, -0.2) is 0 Å². The summed E-state index contributed by atoms with van der Waals surface area (Å²) < 4.78 is 112. The van der Waals surface area contributed by atoms with Crippen molar-refractivity contribution in [3.05, 3.63) is 0 Å². The zero-order chi connectivity index (χ0) is 90.5. The molecule has 0 spiro atoms. The molecule has 55 heteroatoms. The summed E-state index contributed by atoms with van der Waals surface area (Å²) in [7, 11) is 0. The van der Waals surface area contributed by atoms with E-state index in [9.17, 15) is 162 Å². The van der Waals surface area contributed by atoms with Crippen molar-refractivity contribution < 1.29 is 252 Å². The number of hydrogen-bond donors (Lipinski definition) is 32. The van der Waals surface area contributed by atoms with Gasteiger partial charge in [-0.1, -0.05) is 0 Å². The molecule has 10 aliphatic heterocycles. The van der Waals surface area contributed by atoms with Crippen LogP contribution in [0.2, 0.25) is 0 Å². The van der Waals surface area contributed by atoms with Crippen LogP contribution in [0.3, 0.4) is 0 Å². The fraction of sp³-hybridized carbons (Fsp3) is 0.941. The Balaban J connectivity index is 0.965. The van der Waals surface area contributed by atoms with E-state index in [1.807, 2.05) is 0 Å². The fourth-order valence-electron chi connectivity index (χ4n) is 15.9. The Morgan fingerprint density at radius 3 is 0.780 bits per heavy atom. The molecule has 0 unspecified atom stereocenters. The van der Waals surface area contributed by atoms with Crippen LogP contribution in [-0.2, 0) is 109 Å². The van der Waals surface area contributed by atoms with Gasteiger partial charge in [-0.2, -0.15) is 0 Å². The van der Waals surface area contributed by atoms with E-state index in [1.165, 1.54) is 0 Å². The molecule has 0 aromatic rings. The van der Waals surface area contributed by atoms with Crippen LogP contribution in [0.1, 0.15) is 27.7 Å². The normalized spacial score (nSPS) is 49.4. The summed E-state index contributed by atoms with van der Waals surface area (Å²) in [5, 5.41) is 321. The minimum absolute atomic E-state index is 0.801. The molecule has 10 saturated heterocycles. The molecular formula is C68H114N4O51. The number of carbonyl (C=O) groups is 4. The molecule has 0 bridgehead atoms. The van der Waals surface area contributed by atoms with Crippen LogP contribution >= 0.6 is 0 Å². The van der Waals surface area contributed by atoms with Gasteiger partial charge in [0.15, 0.2) is 62.9 Å². The first-order valence-corrected chi connectivity index (χ1v) is 39.1. The summed E-state index contributed by atoms with van der Waals surface area (Å²) in [6, 6.07) is -7.61. The summed E-state index contributed by atoms with van der Waals surface area (Å²) >= 11 is 0. The Labute approximate surface area is 695 Å². The third kappa shape index (κ3) is 22.3. The van der Waals surface area contributed by atoms with Crippen LogP contribution in [0.5, 0.6) is 0 Å². The summed E-state index contributed by atoms with van der Waals surface area (Å²) in [5.74, 6) is -3.73. The highest BCUT2D eigenvalue weighted by atomic mass is 16.8. The number of aliphatic hydroxyl groups excluding tert-OH is 28. The molecule has 10 fully saturated rings. The highest BCUT2D eigenvalue weighted by Crippen LogP contribution is 2.41. The van der Waals surface area contributed by atoms with Gasteiger partial charge in [0.2, 0.25) is 23.6 Å². The number of amides is 4. The van der Waals surface area contributed by atoms with Gasteiger partial charge in [-0.3, -0.25) is 19.2 Å². The first-order valence-electron chi connectivity index (χ1n) is 39.1. The minimum Gasteiger partial charge on any atom is -0.394 e. The number of aliphatic hydroxyl groups is 28. The smallest absolute Gasteiger partial charge is 0.217 e. The zero-order valence-electron chi connectivity index (χ0n) is 65.9. The van der Waals surface area contributed by atoms with Crippen molar-refractivity contribution in [3.8, 4) is 0 Å². The topological polar surface area (TPSA) is 858 Å². The molecule has 10 heterocycles. The molecule has 50 atom stereocenters. The summed E-state index contributed by atoms with van der Waals surface area (Å²) in [5.41, 5.74) is 0. The van der Waals surface area contributed by atoms with E-state index in [4.69, 9.17) is 90.0 Å². The van der Waals surface area contributed by atoms with Gasteiger partial charge in [0, 0.05) is 27.7 Å². The van der Waals surface area contributed by atoms with Crippen LogP contribution < -0.4 is 21.3 Å². The van der Waals surface area contributed by atoms with Crippen LogP contribution in [0.4, 0.5) is 0 Å². The molecule has 0 aromatic carbocycles. The maximum atomic E-state index is 13.1. The van der Waals surface area contributed by atoms with Crippen molar-refractivity contribution in [1.29, 1.82) is 0 Å². The highest BCUT2D eigenvalue weighted by molar-refractivity contribution is 5.74. The Bertz CT molecular complexity index is 3310. The maximum Gasteiger partial charge on any atom is 0.217 e. The van der Waals surface area contributed by atoms with Crippen molar-refractivity contribution in [3.63, 3.8) is 0 Å². The van der Waals surface area contributed by atoms with Crippen LogP contribution in [0.15, 0.2) is 0 Å². The van der Waals surface area contributed by atoms with Gasteiger partial charge < -0.3 is 254 Å². The van der Waals surface area contributed by atoms with Gasteiger partial charge in [0.05, 0.1) is 66.1 Å². The van der Waals surface area contributed by atoms with E-state index in [2.05, 4.69) is 21.3 Å². The predicted molar refractivity (Wildman–Crippen MR) is 376 cm³/mol. The van der Waals surface area contributed by atoms with E-state index in [1.54, 1.807) is 0 Å². The molecule has 4 amide bonds. The van der Waals surface area contributed by atoms with Crippen LogP contribution in [0.25, 0.3) is 0 Å². The van der Waals surface area contributed by atoms with Crippen LogP contribution in [0, 0.1) is 0 Å². The molecule has 0 aromatic heterocycles. The Hall–Kier alpha value is -4.00. The first-order chi connectivity index (χ1) is 58.2. The number of nitrogens with one attached hydrogen (secondary N) is 4. The Morgan fingerprint density at radius 1 is 0.211 bits per heavy atom.